The maximum absolute atomic E-state index is 12.8. The van der Waals surface area contributed by atoms with Crippen LogP contribution in [-0.2, 0) is 4.79 Å². The van der Waals surface area contributed by atoms with Crippen molar-refractivity contribution in [2.45, 2.75) is 39.0 Å². The second-order valence-corrected chi connectivity index (χ2v) is 12.7. The largest absolute Gasteiger partial charge is 0.497 e. The summed E-state index contributed by atoms with van der Waals surface area (Å²) in [5.41, 5.74) is 3.68. The molecule has 0 atom stereocenters. The van der Waals surface area contributed by atoms with Gasteiger partial charge in [0.1, 0.15) is 55.0 Å². The van der Waals surface area contributed by atoms with Crippen LogP contribution in [0.4, 0.5) is 8.78 Å². The maximum atomic E-state index is 12.8. The van der Waals surface area contributed by atoms with Gasteiger partial charge in [-0.15, -0.1) is 0 Å². The van der Waals surface area contributed by atoms with Crippen molar-refractivity contribution in [2.24, 2.45) is 5.92 Å². The molecule has 0 bridgehead atoms. The van der Waals surface area contributed by atoms with Gasteiger partial charge in [0, 0.05) is 33.7 Å². The number of halogens is 2. The Morgan fingerprint density at radius 3 is 1.44 bits per heavy atom. The summed E-state index contributed by atoms with van der Waals surface area (Å²) in [5.74, 6) is 2.42. The molecule has 1 saturated carbocycles. The highest BCUT2D eigenvalue weighted by Gasteiger charge is 2.10. The molecule has 5 aromatic rings. The highest BCUT2D eigenvalue weighted by atomic mass is 19.1. The highest BCUT2D eigenvalue weighted by Crippen LogP contribution is 2.27. The van der Waals surface area contributed by atoms with Crippen LogP contribution in [0.3, 0.4) is 0 Å². The number of benzene rings is 5. The van der Waals surface area contributed by atoms with Crippen molar-refractivity contribution in [2.75, 3.05) is 35.5 Å². The van der Waals surface area contributed by atoms with Crippen LogP contribution in [0.15, 0.2) is 103 Å². The minimum Gasteiger partial charge on any atom is -0.497 e. The molecule has 11 nitrogen and oxygen atoms in total. The smallest absolute Gasteiger partial charge is 0.165 e. The van der Waals surface area contributed by atoms with Gasteiger partial charge in [-0.25, -0.2) is 8.78 Å². The van der Waals surface area contributed by atoms with Crippen molar-refractivity contribution in [3.63, 3.8) is 0 Å². The van der Waals surface area contributed by atoms with E-state index < -0.39 is 5.82 Å². The third kappa shape index (κ3) is 20.5. The second-order valence-electron chi connectivity index (χ2n) is 12.7. The molecule has 324 valence electrons. The van der Waals surface area contributed by atoms with Crippen molar-refractivity contribution in [1.82, 2.24) is 0 Å². The molecule has 1 aliphatic carbocycles. The SMILES string of the molecule is COc1ccc(C=O)c(C)c1.COc1ccc(C=O)cc1F.COc1ccc(C=O)cc1OC.COc1cccc(C=O)c1.O=CC1CCCCC1.O=Cc1ccc(F)cc1. The topological polar surface area (TPSA) is 149 Å². The van der Waals surface area contributed by atoms with Crippen LogP contribution >= 0.6 is 0 Å². The first kappa shape index (κ1) is 52.0. The van der Waals surface area contributed by atoms with Crippen LogP contribution in [0.25, 0.3) is 0 Å². The summed E-state index contributed by atoms with van der Waals surface area (Å²) in [6, 6.07) is 26.8. The predicted molar refractivity (Wildman–Crippen MR) is 229 cm³/mol. The Hall–Kier alpha value is -7.02. The number of aldehydes is 6. The summed E-state index contributed by atoms with van der Waals surface area (Å²) in [6.07, 6.45) is 10.9. The molecular formula is C48H52F2O11. The Labute approximate surface area is 355 Å². The van der Waals surface area contributed by atoms with E-state index in [0.29, 0.717) is 63.6 Å². The van der Waals surface area contributed by atoms with Crippen molar-refractivity contribution < 1.29 is 61.2 Å². The van der Waals surface area contributed by atoms with Gasteiger partial charge in [-0.3, -0.25) is 24.0 Å². The fourth-order valence-corrected chi connectivity index (χ4v) is 5.12. The van der Waals surface area contributed by atoms with Gasteiger partial charge < -0.3 is 28.5 Å². The number of hydrogen-bond acceptors (Lipinski definition) is 11. The van der Waals surface area contributed by atoms with E-state index in [1.165, 1.54) is 69.9 Å². The van der Waals surface area contributed by atoms with Gasteiger partial charge in [-0.05, 0) is 116 Å². The summed E-state index contributed by atoms with van der Waals surface area (Å²) >= 11 is 0. The van der Waals surface area contributed by atoms with E-state index >= 15 is 0 Å². The van der Waals surface area contributed by atoms with Crippen LogP contribution in [0.5, 0.6) is 28.7 Å². The second kappa shape index (κ2) is 31.0. The molecule has 0 aliphatic heterocycles. The number of hydrogen-bond donors (Lipinski definition) is 0. The van der Waals surface area contributed by atoms with Gasteiger partial charge in [-0.2, -0.15) is 0 Å². The van der Waals surface area contributed by atoms with Crippen molar-refractivity contribution in [3.8, 4) is 28.7 Å². The zero-order valence-electron chi connectivity index (χ0n) is 35.1. The van der Waals surface area contributed by atoms with Gasteiger partial charge >= 0.3 is 0 Å². The normalized spacial score (nSPS) is 11.0. The zero-order valence-corrected chi connectivity index (χ0v) is 35.1. The first-order chi connectivity index (χ1) is 29.5. The average molecular weight is 843 g/mol. The number of rotatable bonds is 11. The monoisotopic (exact) mass is 842 g/mol. The molecule has 61 heavy (non-hydrogen) atoms. The van der Waals surface area contributed by atoms with Crippen LogP contribution < -0.4 is 23.7 Å². The van der Waals surface area contributed by atoms with Crippen LogP contribution in [0.1, 0.15) is 89.5 Å². The average Bonchev–Trinajstić information content (AvgIpc) is 3.32. The van der Waals surface area contributed by atoms with Crippen molar-refractivity contribution in [1.29, 1.82) is 0 Å². The predicted octanol–water partition coefficient (Wildman–Crippen LogP) is 9.89. The van der Waals surface area contributed by atoms with Gasteiger partial charge in [0.05, 0.1) is 35.5 Å². The lowest BCUT2D eigenvalue weighted by molar-refractivity contribution is -0.111. The van der Waals surface area contributed by atoms with E-state index in [1.54, 1.807) is 75.9 Å². The zero-order chi connectivity index (χ0) is 45.4. The van der Waals surface area contributed by atoms with Crippen LogP contribution in [-0.4, -0.2) is 73.3 Å². The maximum Gasteiger partial charge on any atom is 0.165 e. The first-order valence-electron chi connectivity index (χ1n) is 18.8. The third-order valence-corrected chi connectivity index (χ3v) is 8.54. The highest BCUT2D eigenvalue weighted by molar-refractivity contribution is 5.78. The molecule has 13 heteroatoms. The molecule has 0 heterocycles. The lowest BCUT2D eigenvalue weighted by Crippen LogP contribution is -2.06. The summed E-state index contributed by atoms with van der Waals surface area (Å²) in [5, 5.41) is 0. The Morgan fingerprint density at radius 2 is 0.984 bits per heavy atom. The van der Waals surface area contributed by atoms with E-state index in [-0.39, 0.29) is 11.6 Å². The van der Waals surface area contributed by atoms with Gasteiger partial charge in [0.25, 0.3) is 0 Å². The van der Waals surface area contributed by atoms with Gasteiger partial charge in [0.15, 0.2) is 23.1 Å². The lowest BCUT2D eigenvalue weighted by atomic mass is 9.91. The number of ether oxygens (including phenoxy) is 5. The standard InChI is InChI=1S/C9H10O3.C9H10O2.C8H7FO2.C8H8O2.C7H5FO.C7H12O/c1-11-8-4-3-7(6-10)5-9(8)12-2;1-7-5-9(11-2)4-3-8(7)6-10;1-11-8-3-2-6(5-10)4-7(8)9;1-10-8-4-2-3-7(5-8)6-9;8-7-3-1-6(5-9)2-4-7;8-6-7-4-2-1-3-5-7/h3-6H,1-2H3;3-6H,1-2H3;2-5H,1H3;2-6H,1H3;1-5H;6-7H,1-5H2. The van der Waals surface area contributed by atoms with E-state index in [2.05, 4.69) is 4.74 Å². The van der Waals surface area contributed by atoms with Gasteiger partial charge in [-0.1, -0.05) is 31.4 Å². The van der Waals surface area contributed by atoms with E-state index in [9.17, 15) is 37.5 Å². The fourth-order valence-electron chi connectivity index (χ4n) is 5.12. The van der Waals surface area contributed by atoms with Crippen LogP contribution in [0.2, 0.25) is 0 Å². The van der Waals surface area contributed by atoms with E-state index in [0.717, 1.165) is 55.4 Å². The fraction of sp³-hybridized carbons (Fsp3) is 0.250. The van der Waals surface area contributed by atoms with Crippen molar-refractivity contribution >= 4 is 37.7 Å². The third-order valence-electron chi connectivity index (χ3n) is 8.54. The molecule has 0 spiro atoms. The number of carbonyl (C=O) groups is 6. The minimum absolute atomic E-state index is 0.149. The molecule has 0 aromatic heterocycles. The summed E-state index contributed by atoms with van der Waals surface area (Å²) < 4.78 is 49.4. The molecule has 0 saturated heterocycles. The molecule has 0 N–H and O–H groups in total. The molecule has 0 unspecified atom stereocenters. The lowest BCUT2D eigenvalue weighted by Gasteiger charge is -2.14. The summed E-state index contributed by atoms with van der Waals surface area (Å²) in [6.45, 7) is 1.88. The Kier molecular flexibility index (Phi) is 26.4. The summed E-state index contributed by atoms with van der Waals surface area (Å²) in [4.78, 5) is 61.3. The molecule has 5 aromatic carbocycles. The molecule has 0 amide bonds. The number of methoxy groups -OCH3 is 5. The Morgan fingerprint density at radius 1 is 0.475 bits per heavy atom. The van der Waals surface area contributed by atoms with E-state index in [1.807, 2.05) is 13.0 Å². The van der Waals surface area contributed by atoms with Crippen LogP contribution in [0, 0.1) is 24.5 Å². The quantitative estimate of drug-likeness (QED) is 0.117. The molecule has 6 rings (SSSR count). The van der Waals surface area contributed by atoms with Crippen molar-refractivity contribution in [3.05, 3.63) is 148 Å². The number of aryl methyl sites for hydroxylation is 1. The first-order valence-corrected chi connectivity index (χ1v) is 18.8. The minimum atomic E-state index is -0.517. The Balaban J connectivity index is 0.000000368. The Bertz CT molecular complexity index is 2080. The summed E-state index contributed by atoms with van der Waals surface area (Å²) in [7, 11) is 7.64. The molecular weight excluding hydrogens is 791 g/mol. The van der Waals surface area contributed by atoms with E-state index in [4.69, 9.17) is 18.9 Å². The molecule has 1 fully saturated rings. The number of carbonyl (C=O) groups excluding carboxylic acids is 6. The molecule has 0 radical (unpaired) electrons. The van der Waals surface area contributed by atoms with Gasteiger partial charge in [0.2, 0.25) is 0 Å². The molecule has 1 aliphatic rings.